The third-order valence-electron chi connectivity index (χ3n) is 5.77. The van der Waals surface area contributed by atoms with Crippen LogP contribution in [-0.2, 0) is 4.74 Å². The summed E-state index contributed by atoms with van der Waals surface area (Å²) < 4.78 is 5.67. The van der Waals surface area contributed by atoms with Crippen molar-refractivity contribution in [2.24, 2.45) is 0 Å². The number of nitrogens with one attached hydrogen (secondary N) is 1. The van der Waals surface area contributed by atoms with Crippen LogP contribution in [0.4, 0.5) is 16.2 Å². The van der Waals surface area contributed by atoms with E-state index in [1.54, 1.807) is 12.4 Å². The van der Waals surface area contributed by atoms with Gasteiger partial charge in [-0.25, -0.2) is 4.79 Å². The molecular formula is C25H21N3O2. The summed E-state index contributed by atoms with van der Waals surface area (Å²) in [5.41, 5.74) is 13.2. The lowest BCUT2D eigenvalue weighted by Crippen LogP contribution is -2.18. The average Bonchev–Trinajstić information content (AvgIpc) is 3.10. The molecule has 0 bridgehead atoms. The van der Waals surface area contributed by atoms with Crippen molar-refractivity contribution in [2.45, 2.75) is 12.8 Å². The molecule has 5 rings (SSSR count). The molecule has 5 heteroatoms. The summed E-state index contributed by atoms with van der Waals surface area (Å²) in [6, 6.07) is 20.3. The fourth-order valence-electron chi connectivity index (χ4n) is 4.28. The molecule has 0 atom stereocenters. The van der Waals surface area contributed by atoms with E-state index < -0.39 is 6.09 Å². The van der Waals surface area contributed by atoms with Gasteiger partial charge in [-0.15, -0.1) is 0 Å². The van der Waals surface area contributed by atoms with Gasteiger partial charge in [0, 0.05) is 34.8 Å². The lowest BCUT2D eigenvalue weighted by molar-refractivity contribution is 0.158. The number of nitrogens with two attached hydrogens (primary N) is 1. The minimum Gasteiger partial charge on any atom is -0.448 e. The smallest absolute Gasteiger partial charge is 0.411 e. The highest BCUT2D eigenvalue weighted by Crippen LogP contribution is 2.44. The molecule has 0 saturated heterocycles. The topological polar surface area (TPSA) is 77.2 Å². The number of hydrogen-bond donors (Lipinski definition) is 2. The number of amides is 1. The summed E-state index contributed by atoms with van der Waals surface area (Å²) in [6.45, 7) is 2.18. The number of carbonyl (C=O) groups excluding carboxylic acids is 1. The van der Waals surface area contributed by atoms with Crippen molar-refractivity contribution >= 4 is 28.2 Å². The van der Waals surface area contributed by atoms with Gasteiger partial charge in [0.2, 0.25) is 0 Å². The lowest BCUT2D eigenvalue weighted by atomic mass is 9.98. The highest BCUT2D eigenvalue weighted by Gasteiger charge is 2.29. The van der Waals surface area contributed by atoms with Gasteiger partial charge in [0.1, 0.15) is 6.61 Å². The van der Waals surface area contributed by atoms with Gasteiger partial charge in [-0.3, -0.25) is 10.3 Å². The molecule has 30 heavy (non-hydrogen) atoms. The van der Waals surface area contributed by atoms with E-state index >= 15 is 0 Å². The zero-order chi connectivity index (χ0) is 20.7. The monoisotopic (exact) mass is 395 g/mol. The van der Waals surface area contributed by atoms with Crippen LogP contribution in [-0.4, -0.2) is 17.7 Å². The molecule has 0 saturated carbocycles. The third-order valence-corrected chi connectivity index (χ3v) is 5.77. The van der Waals surface area contributed by atoms with Gasteiger partial charge >= 0.3 is 6.09 Å². The second kappa shape index (κ2) is 7.19. The maximum absolute atomic E-state index is 12.7. The summed E-state index contributed by atoms with van der Waals surface area (Å²) >= 11 is 0. The average molecular weight is 395 g/mol. The molecule has 1 amide bonds. The lowest BCUT2D eigenvalue weighted by Gasteiger charge is -2.16. The van der Waals surface area contributed by atoms with E-state index in [2.05, 4.69) is 34.6 Å². The van der Waals surface area contributed by atoms with Crippen LogP contribution in [0.3, 0.4) is 0 Å². The molecule has 0 unspecified atom stereocenters. The predicted octanol–water partition coefficient (Wildman–Crippen LogP) is 5.49. The maximum Gasteiger partial charge on any atom is 0.411 e. The summed E-state index contributed by atoms with van der Waals surface area (Å²) in [7, 11) is 0. The van der Waals surface area contributed by atoms with Crippen molar-refractivity contribution in [3.05, 3.63) is 89.7 Å². The maximum atomic E-state index is 12.7. The Balaban J connectivity index is 1.38. The van der Waals surface area contributed by atoms with Crippen molar-refractivity contribution < 1.29 is 9.53 Å². The number of aromatic nitrogens is 1. The van der Waals surface area contributed by atoms with E-state index in [1.165, 1.54) is 22.3 Å². The second-order valence-corrected chi connectivity index (χ2v) is 7.53. The first-order valence-corrected chi connectivity index (χ1v) is 9.88. The van der Waals surface area contributed by atoms with Crippen LogP contribution in [0.5, 0.6) is 0 Å². The predicted molar refractivity (Wildman–Crippen MR) is 120 cm³/mol. The Kier molecular flexibility index (Phi) is 4.36. The van der Waals surface area contributed by atoms with E-state index in [-0.39, 0.29) is 12.5 Å². The Bertz CT molecular complexity index is 1240. The number of ether oxygens (including phenoxy) is 1. The minimum absolute atomic E-state index is 0.0252. The largest absolute Gasteiger partial charge is 0.448 e. The Morgan fingerprint density at radius 2 is 1.70 bits per heavy atom. The number of rotatable bonds is 3. The number of anilines is 2. The molecule has 0 spiro atoms. The third kappa shape index (κ3) is 2.95. The number of fused-ring (bicyclic) bond motifs is 4. The van der Waals surface area contributed by atoms with Crippen LogP contribution in [0.1, 0.15) is 22.6 Å². The van der Waals surface area contributed by atoms with Crippen molar-refractivity contribution in [2.75, 3.05) is 17.7 Å². The van der Waals surface area contributed by atoms with Crippen molar-refractivity contribution in [1.82, 2.24) is 4.98 Å². The first kappa shape index (κ1) is 18.2. The highest BCUT2D eigenvalue weighted by atomic mass is 16.5. The Morgan fingerprint density at radius 1 is 1.03 bits per heavy atom. The summed E-state index contributed by atoms with van der Waals surface area (Å²) in [4.78, 5) is 16.8. The SMILES string of the molecule is Cc1cc(NC(=O)OCC2c3ccccc3-c3ccccc32)c2ccncc2c1N. The molecule has 1 aliphatic carbocycles. The van der Waals surface area contributed by atoms with Crippen LogP contribution < -0.4 is 11.1 Å². The Hall–Kier alpha value is -3.86. The number of benzene rings is 3. The summed E-state index contributed by atoms with van der Waals surface area (Å²) in [6.07, 6.45) is 2.90. The van der Waals surface area contributed by atoms with Crippen molar-refractivity contribution in [3.8, 4) is 11.1 Å². The molecule has 1 aromatic heterocycles. The van der Waals surface area contributed by atoms with Gasteiger partial charge in [0.15, 0.2) is 0 Å². The fourth-order valence-corrected chi connectivity index (χ4v) is 4.28. The zero-order valence-corrected chi connectivity index (χ0v) is 16.6. The molecule has 3 N–H and O–H groups in total. The van der Waals surface area contributed by atoms with Crippen LogP contribution in [0, 0.1) is 6.92 Å². The van der Waals surface area contributed by atoms with Crippen LogP contribution >= 0.6 is 0 Å². The van der Waals surface area contributed by atoms with Gasteiger partial charge in [-0.2, -0.15) is 0 Å². The Morgan fingerprint density at radius 3 is 2.40 bits per heavy atom. The molecule has 1 heterocycles. The van der Waals surface area contributed by atoms with Crippen LogP contribution in [0.2, 0.25) is 0 Å². The molecule has 4 aromatic rings. The number of pyridine rings is 1. The summed E-state index contributed by atoms with van der Waals surface area (Å²) in [5, 5.41) is 4.53. The second-order valence-electron chi connectivity index (χ2n) is 7.53. The van der Waals surface area contributed by atoms with Gasteiger partial charge in [-0.1, -0.05) is 48.5 Å². The van der Waals surface area contributed by atoms with Gasteiger partial charge in [-0.05, 0) is 46.9 Å². The standard InChI is InChI=1S/C25H21N3O2/c1-15-12-23(20-10-11-27-13-21(20)24(15)26)28-25(29)30-14-22-18-8-4-2-6-16(18)17-7-3-5-9-19(17)22/h2-13,22H,14,26H2,1H3,(H,28,29). The van der Waals surface area contributed by atoms with Gasteiger partial charge in [0.05, 0.1) is 5.69 Å². The number of nitrogens with zero attached hydrogens (tertiary/aromatic N) is 1. The van der Waals surface area contributed by atoms with E-state index in [0.717, 1.165) is 16.3 Å². The number of carbonyl (C=O) groups is 1. The number of hydrogen-bond acceptors (Lipinski definition) is 4. The van der Waals surface area contributed by atoms with E-state index in [4.69, 9.17) is 10.5 Å². The number of nitrogen functional groups attached to an aromatic ring is 1. The van der Waals surface area contributed by atoms with Crippen LogP contribution in [0.15, 0.2) is 73.1 Å². The van der Waals surface area contributed by atoms with E-state index in [0.29, 0.717) is 11.4 Å². The molecule has 0 radical (unpaired) electrons. The first-order chi connectivity index (χ1) is 14.6. The number of aryl methyl sites for hydroxylation is 1. The normalized spacial score (nSPS) is 12.4. The van der Waals surface area contributed by atoms with E-state index in [9.17, 15) is 4.79 Å². The van der Waals surface area contributed by atoms with Crippen molar-refractivity contribution in [3.63, 3.8) is 0 Å². The molecule has 3 aromatic carbocycles. The molecule has 148 valence electrons. The minimum atomic E-state index is -0.487. The molecule has 0 aliphatic heterocycles. The molecular weight excluding hydrogens is 374 g/mol. The Labute approximate surface area is 174 Å². The van der Waals surface area contributed by atoms with Crippen LogP contribution in [0.25, 0.3) is 21.9 Å². The van der Waals surface area contributed by atoms with Gasteiger partial charge in [0.25, 0.3) is 0 Å². The zero-order valence-electron chi connectivity index (χ0n) is 16.6. The summed E-state index contributed by atoms with van der Waals surface area (Å²) in [5.74, 6) is 0.0252. The molecule has 5 nitrogen and oxygen atoms in total. The van der Waals surface area contributed by atoms with E-state index in [1.807, 2.05) is 43.3 Å². The quantitative estimate of drug-likeness (QED) is 0.450. The fraction of sp³-hybridized carbons (Fsp3) is 0.120. The van der Waals surface area contributed by atoms with Gasteiger partial charge < -0.3 is 10.5 Å². The molecule has 1 aliphatic rings. The highest BCUT2D eigenvalue weighted by molar-refractivity contribution is 6.05. The molecule has 0 fully saturated rings. The first-order valence-electron chi connectivity index (χ1n) is 9.88. The van der Waals surface area contributed by atoms with Crippen molar-refractivity contribution in [1.29, 1.82) is 0 Å².